The van der Waals surface area contributed by atoms with Gasteiger partial charge in [-0.05, 0) is 81.1 Å². The molecule has 6 heteroatoms. The number of carbonyl (C=O) groups excluding carboxylic acids is 2. The highest BCUT2D eigenvalue weighted by Crippen LogP contribution is 2.35. The summed E-state index contributed by atoms with van der Waals surface area (Å²) in [5.74, 6) is 0.495. The van der Waals surface area contributed by atoms with Crippen molar-refractivity contribution in [2.45, 2.75) is 32.9 Å². The minimum absolute atomic E-state index is 0.118. The second-order valence-electron chi connectivity index (χ2n) is 7.43. The molecule has 0 aromatic heterocycles. The minimum Gasteiger partial charge on any atom is -0.490 e. The number of fused-ring (bicyclic) bond motifs is 1. The predicted molar refractivity (Wildman–Crippen MR) is 130 cm³/mol. The number of benzene rings is 3. The first-order valence-electron chi connectivity index (χ1n) is 10.1. The van der Waals surface area contributed by atoms with Gasteiger partial charge in [0.25, 0.3) is 11.1 Å². The summed E-state index contributed by atoms with van der Waals surface area (Å²) in [5.41, 5.74) is 1.79. The molecule has 1 saturated heterocycles. The molecule has 0 aliphatic carbocycles. The molecule has 1 heterocycles. The lowest BCUT2D eigenvalue weighted by Crippen LogP contribution is -2.27. The number of ether oxygens (including phenoxy) is 1. The molecule has 0 radical (unpaired) electrons. The number of thioether (sulfide) groups is 1. The van der Waals surface area contributed by atoms with Gasteiger partial charge < -0.3 is 4.74 Å². The number of imide groups is 1. The molecule has 1 atom stereocenters. The third-order valence-corrected chi connectivity index (χ3v) is 6.77. The molecular formula is C25H22BrNO3S. The average molecular weight is 496 g/mol. The monoisotopic (exact) mass is 495 g/mol. The molecule has 4 rings (SSSR count). The van der Waals surface area contributed by atoms with E-state index in [9.17, 15) is 9.59 Å². The Labute approximate surface area is 194 Å². The van der Waals surface area contributed by atoms with Crippen LogP contribution in [0.15, 0.2) is 70.0 Å². The van der Waals surface area contributed by atoms with Gasteiger partial charge in [0.15, 0.2) is 0 Å². The quantitative estimate of drug-likeness (QED) is 0.344. The highest BCUT2D eigenvalue weighted by Gasteiger charge is 2.35. The third kappa shape index (κ3) is 4.70. The zero-order valence-corrected chi connectivity index (χ0v) is 19.7. The number of amides is 2. The fourth-order valence-electron chi connectivity index (χ4n) is 3.39. The summed E-state index contributed by atoms with van der Waals surface area (Å²) in [7, 11) is 0. The van der Waals surface area contributed by atoms with Crippen molar-refractivity contribution in [1.82, 2.24) is 4.90 Å². The lowest BCUT2D eigenvalue weighted by atomic mass is 10.0. The van der Waals surface area contributed by atoms with Crippen LogP contribution in [0.4, 0.5) is 4.79 Å². The van der Waals surface area contributed by atoms with E-state index in [2.05, 4.69) is 22.9 Å². The van der Waals surface area contributed by atoms with Crippen molar-refractivity contribution in [3.8, 4) is 5.75 Å². The lowest BCUT2D eigenvalue weighted by molar-refractivity contribution is -0.123. The number of hydrogen-bond acceptors (Lipinski definition) is 4. The van der Waals surface area contributed by atoms with Gasteiger partial charge in [-0.15, -0.1) is 0 Å². The summed E-state index contributed by atoms with van der Waals surface area (Å²) in [4.78, 5) is 27.3. The Morgan fingerprint density at radius 2 is 1.87 bits per heavy atom. The molecule has 3 aromatic carbocycles. The topological polar surface area (TPSA) is 46.6 Å². The summed E-state index contributed by atoms with van der Waals surface area (Å²) in [6, 6.07) is 19.6. The maximum atomic E-state index is 13.0. The van der Waals surface area contributed by atoms with Crippen LogP contribution in [0.25, 0.3) is 16.8 Å². The van der Waals surface area contributed by atoms with Crippen LogP contribution in [0.5, 0.6) is 5.75 Å². The lowest BCUT2D eigenvalue weighted by Gasteiger charge is -2.14. The molecule has 1 unspecified atom stereocenters. The zero-order chi connectivity index (χ0) is 22.0. The maximum absolute atomic E-state index is 13.0. The van der Waals surface area contributed by atoms with Gasteiger partial charge in [0.05, 0.1) is 22.0 Å². The van der Waals surface area contributed by atoms with E-state index in [-0.39, 0.29) is 23.8 Å². The van der Waals surface area contributed by atoms with Crippen molar-refractivity contribution in [3.63, 3.8) is 0 Å². The largest absolute Gasteiger partial charge is 0.490 e. The first kappa shape index (κ1) is 21.7. The van der Waals surface area contributed by atoms with Crippen molar-refractivity contribution in [2.24, 2.45) is 0 Å². The minimum atomic E-state index is -0.265. The molecule has 0 spiro atoms. The number of carbonyl (C=O) groups is 2. The molecule has 1 aliphatic rings. The van der Waals surface area contributed by atoms with Gasteiger partial charge in [-0.1, -0.05) is 55.5 Å². The van der Waals surface area contributed by atoms with E-state index < -0.39 is 0 Å². The predicted octanol–water partition coefficient (Wildman–Crippen LogP) is 7.02. The van der Waals surface area contributed by atoms with E-state index >= 15 is 0 Å². The highest BCUT2D eigenvalue weighted by atomic mass is 79.9. The van der Waals surface area contributed by atoms with Crippen LogP contribution in [-0.4, -0.2) is 22.2 Å². The molecule has 0 bridgehead atoms. The number of nitrogens with zero attached hydrogens (tertiary/aromatic N) is 1. The van der Waals surface area contributed by atoms with Gasteiger partial charge in [0, 0.05) is 0 Å². The van der Waals surface area contributed by atoms with Crippen molar-refractivity contribution in [3.05, 3.63) is 81.2 Å². The van der Waals surface area contributed by atoms with Crippen LogP contribution < -0.4 is 4.74 Å². The average Bonchev–Trinajstić information content (AvgIpc) is 3.03. The Hall–Kier alpha value is -2.57. The molecule has 2 amide bonds. The van der Waals surface area contributed by atoms with E-state index in [1.165, 1.54) is 4.90 Å². The van der Waals surface area contributed by atoms with Crippen molar-refractivity contribution in [1.29, 1.82) is 0 Å². The third-order valence-electron chi connectivity index (χ3n) is 5.24. The van der Waals surface area contributed by atoms with E-state index in [1.807, 2.05) is 67.6 Å². The Bertz CT molecular complexity index is 1190. The van der Waals surface area contributed by atoms with Crippen LogP contribution in [0.2, 0.25) is 0 Å². The SMILES string of the molecule is CCC(C)Oc1ccc(/C=C2/SC(=O)N(Cc3cccc4ccccc34)C2=O)cc1Br. The Balaban J connectivity index is 1.55. The first-order valence-corrected chi connectivity index (χ1v) is 11.8. The van der Waals surface area contributed by atoms with Crippen LogP contribution in [0.1, 0.15) is 31.4 Å². The van der Waals surface area contributed by atoms with Crippen LogP contribution in [-0.2, 0) is 11.3 Å². The summed E-state index contributed by atoms with van der Waals surface area (Å²) < 4.78 is 6.69. The molecular weight excluding hydrogens is 474 g/mol. The normalized spacial score (nSPS) is 16.4. The van der Waals surface area contributed by atoms with Crippen molar-refractivity contribution in [2.75, 3.05) is 0 Å². The molecule has 4 nitrogen and oxygen atoms in total. The number of halogens is 1. The maximum Gasteiger partial charge on any atom is 0.293 e. The fourth-order valence-corrected chi connectivity index (χ4v) is 4.72. The fraction of sp³-hybridized carbons (Fsp3) is 0.200. The van der Waals surface area contributed by atoms with Crippen molar-refractivity contribution < 1.29 is 14.3 Å². The van der Waals surface area contributed by atoms with Crippen molar-refractivity contribution >= 4 is 55.7 Å². The van der Waals surface area contributed by atoms with Gasteiger partial charge in [0.1, 0.15) is 5.75 Å². The van der Waals surface area contributed by atoms with Gasteiger partial charge in [0.2, 0.25) is 0 Å². The van der Waals surface area contributed by atoms with Crippen LogP contribution in [0.3, 0.4) is 0 Å². The van der Waals surface area contributed by atoms with Gasteiger partial charge in [-0.2, -0.15) is 0 Å². The molecule has 0 saturated carbocycles. The zero-order valence-electron chi connectivity index (χ0n) is 17.3. The number of rotatable bonds is 6. The van der Waals surface area contributed by atoms with Gasteiger partial charge >= 0.3 is 0 Å². The molecule has 0 N–H and O–H groups in total. The van der Waals surface area contributed by atoms with E-state index in [0.717, 1.165) is 50.3 Å². The number of hydrogen-bond donors (Lipinski definition) is 0. The molecule has 1 aliphatic heterocycles. The standard InChI is InChI=1S/C25H22BrNO3S/c1-3-16(2)30-22-12-11-17(13-21(22)26)14-23-24(28)27(25(29)31-23)15-19-9-6-8-18-7-4-5-10-20(18)19/h4-14,16H,3,15H2,1-2H3/b23-14+. The van der Waals surface area contributed by atoms with Crippen LogP contribution in [0, 0.1) is 0 Å². The van der Waals surface area contributed by atoms with E-state index in [0.29, 0.717) is 4.91 Å². The molecule has 3 aromatic rings. The summed E-state index contributed by atoms with van der Waals surface area (Å²) >= 11 is 4.51. The first-order chi connectivity index (χ1) is 15.0. The van der Waals surface area contributed by atoms with E-state index in [1.54, 1.807) is 6.08 Å². The molecule has 1 fully saturated rings. The summed E-state index contributed by atoms with van der Waals surface area (Å²) in [5, 5.41) is 1.89. The summed E-state index contributed by atoms with van der Waals surface area (Å²) in [6.07, 6.45) is 2.79. The van der Waals surface area contributed by atoms with E-state index in [4.69, 9.17) is 4.74 Å². The summed E-state index contributed by atoms with van der Waals surface area (Å²) in [6.45, 7) is 4.35. The Morgan fingerprint density at radius 1 is 1.10 bits per heavy atom. The second kappa shape index (κ2) is 9.28. The van der Waals surface area contributed by atoms with Gasteiger partial charge in [-0.3, -0.25) is 14.5 Å². The molecule has 158 valence electrons. The van der Waals surface area contributed by atoms with Crippen LogP contribution >= 0.6 is 27.7 Å². The molecule has 31 heavy (non-hydrogen) atoms. The second-order valence-corrected chi connectivity index (χ2v) is 9.28. The highest BCUT2D eigenvalue weighted by molar-refractivity contribution is 9.10. The Morgan fingerprint density at radius 3 is 2.65 bits per heavy atom. The van der Waals surface area contributed by atoms with Gasteiger partial charge in [-0.25, -0.2) is 0 Å². The Kier molecular flexibility index (Phi) is 6.49. The smallest absolute Gasteiger partial charge is 0.293 e.